The molecule has 4 nitrogen and oxygen atoms in total. The number of allylic oxidation sites excluding steroid dienone is 1. The molecule has 0 aromatic rings. The fourth-order valence-corrected chi connectivity index (χ4v) is 4.51. The smallest absolute Gasteiger partial charge is 0.264 e. The van der Waals surface area contributed by atoms with Crippen LogP contribution in [0.25, 0.3) is 0 Å². The molecule has 192 valence electrons. The van der Waals surface area contributed by atoms with E-state index in [1.165, 1.54) is 109 Å². The van der Waals surface area contributed by atoms with E-state index in [4.69, 9.17) is 4.55 Å². The Morgan fingerprint density at radius 2 is 1.06 bits per heavy atom. The van der Waals surface area contributed by atoms with Gasteiger partial charge in [-0.2, -0.15) is 8.42 Å². The first-order chi connectivity index (χ1) is 15.5. The van der Waals surface area contributed by atoms with Crippen LogP contribution in [0.15, 0.2) is 12.2 Å². The Balaban J connectivity index is 3.62. The van der Waals surface area contributed by atoms with Gasteiger partial charge in [0.1, 0.15) is 0 Å². The first kappa shape index (κ1) is 31.6. The Morgan fingerprint density at radius 1 is 0.656 bits per heavy atom. The molecule has 0 spiro atoms. The summed E-state index contributed by atoms with van der Waals surface area (Å²) in [7, 11) is -4.35. The molecule has 1 unspecified atom stereocenters. The van der Waals surface area contributed by atoms with Crippen LogP contribution in [0.2, 0.25) is 0 Å². The summed E-state index contributed by atoms with van der Waals surface area (Å²) in [5, 5.41) is 0. The van der Waals surface area contributed by atoms with Gasteiger partial charge in [-0.25, -0.2) is 4.18 Å². The van der Waals surface area contributed by atoms with Crippen LogP contribution in [0.4, 0.5) is 0 Å². The molecule has 0 radical (unpaired) electrons. The maximum Gasteiger partial charge on any atom is 0.397 e. The number of hydrogen-bond donors (Lipinski definition) is 1. The minimum Gasteiger partial charge on any atom is -0.264 e. The largest absolute Gasteiger partial charge is 0.397 e. The molecule has 0 aliphatic carbocycles. The number of unbranched alkanes of at least 4 members (excludes halogenated alkanes) is 18. The lowest BCUT2D eigenvalue weighted by Crippen LogP contribution is -2.12. The van der Waals surface area contributed by atoms with Crippen LogP contribution in [0.3, 0.4) is 0 Å². The van der Waals surface area contributed by atoms with E-state index in [2.05, 4.69) is 30.2 Å². The molecular weight excluding hydrogens is 420 g/mol. The summed E-state index contributed by atoms with van der Waals surface area (Å²) in [5.41, 5.74) is 0. The van der Waals surface area contributed by atoms with Gasteiger partial charge in [-0.3, -0.25) is 4.55 Å². The second-order valence-electron chi connectivity index (χ2n) is 9.49. The highest BCUT2D eigenvalue weighted by molar-refractivity contribution is 7.80. The maximum absolute atomic E-state index is 10.9. The Morgan fingerprint density at radius 3 is 1.50 bits per heavy atom. The summed E-state index contributed by atoms with van der Waals surface area (Å²) < 4.78 is 35.1. The Labute approximate surface area is 200 Å². The van der Waals surface area contributed by atoms with E-state index in [1.807, 2.05) is 0 Å². The van der Waals surface area contributed by atoms with Crippen molar-refractivity contribution in [3.05, 3.63) is 12.2 Å². The summed E-state index contributed by atoms with van der Waals surface area (Å²) in [6.45, 7) is 4.49. The first-order valence-electron chi connectivity index (χ1n) is 13.8. The molecule has 0 aliphatic heterocycles. The van der Waals surface area contributed by atoms with Crippen LogP contribution in [0.5, 0.6) is 0 Å². The van der Waals surface area contributed by atoms with E-state index in [9.17, 15) is 8.42 Å². The number of hydrogen-bond acceptors (Lipinski definition) is 3. The average molecular weight is 475 g/mol. The van der Waals surface area contributed by atoms with E-state index in [0.717, 1.165) is 25.7 Å². The highest BCUT2D eigenvalue weighted by Gasteiger charge is 2.11. The summed E-state index contributed by atoms with van der Waals surface area (Å²) in [6, 6.07) is 0. The van der Waals surface area contributed by atoms with Gasteiger partial charge in [0.25, 0.3) is 0 Å². The molecule has 0 aromatic carbocycles. The van der Waals surface area contributed by atoms with Gasteiger partial charge in [-0.1, -0.05) is 142 Å². The normalized spacial score (nSPS) is 13.2. The van der Waals surface area contributed by atoms with E-state index in [-0.39, 0.29) is 12.5 Å². The molecule has 1 N–H and O–H groups in total. The predicted molar refractivity (Wildman–Crippen MR) is 138 cm³/mol. The van der Waals surface area contributed by atoms with E-state index >= 15 is 0 Å². The third-order valence-corrected chi connectivity index (χ3v) is 6.68. The molecule has 32 heavy (non-hydrogen) atoms. The maximum atomic E-state index is 10.9. The highest BCUT2D eigenvalue weighted by atomic mass is 32.3. The molecule has 0 amide bonds. The SMILES string of the molecule is CCCCCCCCCCCCCCCCC/C=C/C(CCCCCC)COS(=O)(=O)O. The fraction of sp³-hybridized carbons (Fsp3) is 0.926. The van der Waals surface area contributed by atoms with Gasteiger partial charge >= 0.3 is 10.4 Å². The standard InChI is InChI=1S/C27H54O4S/c1-3-5-7-9-10-11-12-13-14-15-16-17-18-19-20-21-23-25-27(24-22-8-6-4-2)26-31-32(28,29)30/h23,25,27H,3-22,24,26H2,1-2H3,(H,28,29,30)/b25-23+. The fourth-order valence-electron chi connectivity index (χ4n) is 4.16. The van der Waals surface area contributed by atoms with Crippen molar-refractivity contribution in [2.75, 3.05) is 6.61 Å². The van der Waals surface area contributed by atoms with Gasteiger partial charge < -0.3 is 0 Å². The molecular formula is C27H54O4S. The zero-order chi connectivity index (χ0) is 23.8. The molecule has 0 aromatic heterocycles. The van der Waals surface area contributed by atoms with E-state index in [0.29, 0.717) is 0 Å². The second-order valence-corrected chi connectivity index (χ2v) is 10.6. The summed E-state index contributed by atoms with van der Waals surface area (Å²) in [6.07, 6.45) is 31.4. The topological polar surface area (TPSA) is 63.6 Å². The number of rotatable bonds is 25. The molecule has 0 aliphatic rings. The third kappa shape index (κ3) is 25.9. The second kappa shape index (κ2) is 23.8. The predicted octanol–water partition coefficient (Wildman–Crippen LogP) is 9.21. The summed E-state index contributed by atoms with van der Waals surface area (Å²) in [5.74, 6) is 0.0603. The Hall–Kier alpha value is -0.390. The minimum absolute atomic E-state index is 0.0420. The molecule has 0 saturated heterocycles. The van der Waals surface area contributed by atoms with E-state index < -0.39 is 10.4 Å². The quantitative estimate of drug-likeness (QED) is 0.0813. The van der Waals surface area contributed by atoms with Crippen LogP contribution in [0.1, 0.15) is 149 Å². The zero-order valence-electron chi connectivity index (χ0n) is 21.4. The van der Waals surface area contributed by atoms with Crippen molar-refractivity contribution in [2.24, 2.45) is 5.92 Å². The molecule has 0 heterocycles. The van der Waals surface area contributed by atoms with Crippen molar-refractivity contribution in [1.82, 2.24) is 0 Å². The van der Waals surface area contributed by atoms with Crippen molar-refractivity contribution < 1.29 is 17.2 Å². The Bertz CT molecular complexity index is 502. The molecule has 0 rings (SSSR count). The van der Waals surface area contributed by atoms with Crippen LogP contribution in [-0.4, -0.2) is 19.6 Å². The lowest BCUT2D eigenvalue weighted by molar-refractivity contribution is 0.234. The highest BCUT2D eigenvalue weighted by Crippen LogP contribution is 2.16. The van der Waals surface area contributed by atoms with Crippen molar-refractivity contribution in [3.8, 4) is 0 Å². The summed E-state index contributed by atoms with van der Waals surface area (Å²) in [4.78, 5) is 0. The van der Waals surface area contributed by atoms with Gasteiger partial charge in [-0.15, -0.1) is 0 Å². The first-order valence-corrected chi connectivity index (χ1v) is 15.1. The van der Waals surface area contributed by atoms with Gasteiger partial charge in [0.15, 0.2) is 0 Å². The van der Waals surface area contributed by atoms with Crippen LogP contribution in [0, 0.1) is 5.92 Å². The van der Waals surface area contributed by atoms with Gasteiger partial charge in [0.05, 0.1) is 6.61 Å². The van der Waals surface area contributed by atoms with Crippen molar-refractivity contribution in [2.45, 2.75) is 149 Å². The Kier molecular flexibility index (Phi) is 23.5. The molecule has 5 heteroatoms. The van der Waals surface area contributed by atoms with Gasteiger partial charge in [0, 0.05) is 5.92 Å². The molecule has 0 fully saturated rings. The monoisotopic (exact) mass is 474 g/mol. The van der Waals surface area contributed by atoms with Crippen LogP contribution in [-0.2, 0) is 14.6 Å². The minimum atomic E-state index is -4.35. The van der Waals surface area contributed by atoms with Gasteiger partial charge in [0.2, 0.25) is 0 Å². The third-order valence-electron chi connectivity index (χ3n) is 6.24. The van der Waals surface area contributed by atoms with Crippen LogP contribution >= 0.6 is 0 Å². The summed E-state index contributed by atoms with van der Waals surface area (Å²) >= 11 is 0. The van der Waals surface area contributed by atoms with Crippen molar-refractivity contribution in [1.29, 1.82) is 0 Å². The average Bonchev–Trinajstić information content (AvgIpc) is 2.75. The van der Waals surface area contributed by atoms with Crippen molar-refractivity contribution in [3.63, 3.8) is 0 Å². The lowest BCUT2D eigenvalue weighted by atomic mass is 10.00. The zero-order valence-corrected chi connectivity index (χ0v) is 22.2. The van der Waals surface area contributed by atoms with Gasteiger partial charge in [-0.05, 0) is 19.3 Å². The molecule has 0 saturated carbocycles. The van der Waals surface area contributed by atoms with E-state index in [1.54, 1.807) is 0 Å². The lowest BCUT2D eigenvalue weighted by Gasteiger charge is -2.11. The van der Waals surface area contributed by atoms with Crippen molar-refractivity contribution >= 4 is 10.4 Å². The molecule has 1 atom stereocenters. The molecule has 0 bridgehead atoms. The van der Waals surface area contributed by atoms with Crippen LogP contribution < -0.4 is 0 Å².